The first kappa shape index (κ1) is 16.6. The largest absolute Gasteiger partial charge is 0.390 e. The van der Waals surface area contributed by atoms with Gasteiger partial charge in [0.1, 0.15) is 6.10 Å². The summed E-state index contributed by atoms with van der Waals surface area (Å²) in [6, 6.07) is 6.42. The van der Waals surface area contributed by atoms with Gasteiger partial charge in [-0.15, -0.1) is 0 Å². The van der Waals surface area contributed by atoms with Crippen molar-refractivity contribution in [2.45, 2.75) is 44.6 Å². The van der Waals surface area contributed by atoms with E-state index in [0.29, 0.717) is 30.2 Å². The van der Waals surface area contributed by atoms with Gasteiger partial charge in [-0.25, -0.2) is 4.68 Å². The molecular formula is C17H21N3O4. The number of carbonyl (C=O) groups is 1. The van der Waals surface area contributed by atoms with E-state index < -0.39 is 18.2 Å². The summed E-state index contributed by atoms with van der Waals surface area (Å²) in [6.45, 7) is 2.15. The van der Waals surface area contributed by atoms with Crippen LogP contribution in [0.5, 0.6) is 0 Å². The smallest absolute Gasteiger partial charge is 0.275 e. The zero-order valence-corrected chi connectivity index (χ0v) is 13.7. The molecule has 1 aliphatic rings. The third kappa shape index (κ3) is 2.59. The van der Waals surface area contributed by atoms with E-state index in [4.69, 9.17) is 0 Å². The van der Waals surface area contributed by atoms with Gasteiger partial charge in [0.25, 0.3) is 11.5 Å². The first-order valence-electron chi connectivity index (χ1n) is 8.08. The van der Waals surface area contributed by atoms with Crippen LogP contribution in [-0.4, -0.2) is 56.1 Å². The van der Waals surface area contributed by atoms with Gasteiger partial charge in [-0.2, -0.15) is 5.10 Å². The van der Waals surface area contributed by atoms with Crippen molar-refractivity contribution in [3.8, 4) is 0 Å². The van der Waals surface area contributed by atoms with E-state index in [1.54, 1.807) is 38.2 Å². The Morgan fingerprint density at radius 3 is 2.54 bits per heavy atom. The summed E-state index contributed by atoms with van der Waals surface area (Å²) in [5.41, 5.74) is -0.0493. The Hall–Kier alpha value is -2.25. The maximum absolute atomic E-state index is 12.9. The molecule has 1 aliphatic carbocycles. The van der Waals surface area contributed by atoms with Gasteiger partial charge >= 0.3 is 0 Å². The monoisotopic (exact) mass is 331 g/mol. The van der Waals surface area contributed by atoms with Crippen LogP contribution in [0.25, 0.3) is 10.8 Å². The lowest BCUT2D eigenvalue weighted by molar-refractivity contribution is 0.00642. The van der Waals surface area contributed by atoms with E-state index in [0.717, 1.165) is 0 Å². The number of rotatable bonds is 3. The molecule has 3 atom stereocenters. The van der Waals surface area contributed by atoms with E-state index >= 15 is 0 Å². The SMILES string of the molecule is CCn1nc(C(=O)N(C)[C@@H]2CC[C@@H](O)[C@@H]2O)c2ccccc2c1=O. The summed E-state index contributed by atoms with van der Waals surface area (Å²) in [6.07, 6.45) is -0.816. The van der Waals surface area contributed by atoms with Gasteiger partial charge in [-0.05, 0) is 25.8 Å². The van der Waals surface area contributed by atoms with Gasteiger partial charge in [0.15, 0.2) is 5.69 Å². The maximum Gasteiger partial charge on any atom is 0.275 e. The Morgan fingerprint density at radius 1 is 1.29 bits per heavy atom. The predicted octanol–water partition coefficient (Wildman–Crippen LogP) is 0.373. The highest BCUT2D eigenvalue weighted by molar-refractivity contribution is 6.04. The van der Waals surface area contributed by atoms with E-state index in [1.807, 2.05) is 0 Å². The molecule has 1 amide bonds. The van der Waals surface area contributed by atoms with Gasteiger partial charge in [-0.3, -0.25) is 9.59 Å². The molecule has 3 rings (SSSR count). The molecule has 7 heteroatoms. The van der Waals surface area contributed by atoms with Gasteiger partial charge in [0, 0.05) is 19.0 Å². The normalized spacial score (nSPS) is 23.6. The minimum absolute atomic E-state index is 0.183. The summed E-state index contributed by atoms with van der Waals surface area (Å²) < 4.78 is 1.27. The van der Waals surface area contributed by atoms with Crippen LogP contribution >= 0.6 is 0 Å². The average Bonchev–Trinajstić information content (AvgIpc) is 2.93. The van der Waals surface area contributed by atoms with Crippen molar-refractivity contribution in [3.05, 3.63) is 40.3 Å². The Labute approximate surface area is 139 Å². The molecular weight excluding hydrogens is 310 g/mol. The molecule has 0 saturated heterocycles. The van der Waals surface area contributed by atoms with Crippen molar-refractivity contribution in [2.75, 3.05) is 7.05 Å². The number of nitrogens with zero attached hydrogens (tertiary/aromatic N) is 3. The fraction of sp³-hybridized carbons (Fsp3) is 0.471. The maximum atomic E-state index is 12.9. The Morgan fingerprint density at radius 2 is 1.96 bits per heavy atom. The first-order valence-corrected chi connectivity index (χ1v) is 8.08. The second-order valence-electron chi connectivity index (χ2n) is 6.13. The van der Waals surface area contributed by atoms with Crippen molar-refractivity contribution >= 4 is 16.7 Å². The highest BCUT2D eigenvalue weighted by Crippen LogP contribution is 2.26. The molecule has 0 bridgehead atoms. The van der Waals surface area contributed by atoms with Crippen LogP contribution in [0.4, 0.5) is 0 Å². The van der Waals surface area contributed by atoms with Gasteiger partial charge < -0.3 is 15.1 Å². The molecule has 1 saturated carbocycles. The predicted molar refractivity (Wildman–Crippen MR) is 88.8 cm³/mol. The summed E-state index contributed by atoms with van der Waals surface area (Å²) in [5, 5.41) is 24.9. The van der Waals surface area contributed by atoms with Crippen molar-refractivity contribution < 1.29 is 15.0 Å². The number of hydrogen-bond donors (Lipinski definition) is 2. The molecule has 1 aromatic heterocycles. The second-order valence-corrected chi connectivity index (χ2v) is 6.13. The Kier molecular flexibility index (Phi) is 4.38. The lowest BCUT2D eigenvalue weighted by Gasteiger charge is -2.27. The van der Waals surface area contributed by atoms with Crippen LogP contribution in [0, 0.1) is 0 Å². The molecule has 24 heavy (non-hydrogen) atoms. The third-order valence-corrected chi connectivity index (χ3v) is 4.73. The van der Waals surface area contributed by atoms with Crippen molar-refractivity contribution in [3.63, 3.8) is 0 Å². The summed E-state index contributed by atoms with van der Waals surface area (Å²) in [7, 11) is 1.59. The average molecular weight is 331 g/mol. The van der Waals surface area contributed by atoms with E-state index in [1.165, 1.54) is 9.58 Å². The third-order valence-electron chi connectivity index (χ3n) is 4.73. The molecule has 0 unspecified atom stereocenters. The highest BCUT2D eigenvalue weighted by Gasteiger charge is 2.38. The number of likely N-dealkylation sites (N-methyl/N-ethyl adjacent to an activating group) is 1. The molecule has 2 N–H and O–H groups in total. The fourth-order valence-electron chi connectivity index (χ4n) is 3.29. The number of carbonyl (C=O) groups excluding carboxylic acids is 1. The van der Waals surface area contributed by atoms with Crippen LogP contribution < -0.4 is 5.56 Å². The fourth-order valence-corrected chi connectivity index (χ4v) is 3.29. The molecule has 0 radical (unpaired) electrons. The van der Waals surface area contributed by atoms with E-state index in [2.05, 4.69) is 5.10 Å². The number of aromatic nitrogens is 2. The molecule has 1 fully saturated rings. The molecule has 7 nitrogen and oxygen atoms in total. The molecule has 0 spiro atoms. The van der Waals surface area contributed by atoms with Crippen molar-refractivity contribution in [1.82, 2.24) is 14.7 Å². The van der Waals surface area contributed by atoms with Crippen LogP contribution in [-0.2, 0) is 6.54 Å². The number of amides is 1. The molecule has 128 valence electrons. The molecule has 1 heterocycles. The Bertz CT molecular complexity index is 832. The summed E-state index contributed by atoms with van der Waals surface area (Å²) in [5.74, 6) is -0.369. The first-order chi connectivity index (χ1) is 11.5. The summed E-state index contributed by atoms with van der Waals surface area (Å²) >= 11 is 0. The van der Waals surface area contributed by atoms with Gasteiger partial charge in [0.05, 0.1) is 17.5 Å². The van der Waals surface area contributed by atoms with Gasteiger partial charge in [-0.1, -0.05) is 18.2 Å². The van der Waals surface area contributed by atoms with Crippen molar-refractivity contribution in [2.24, 2.45) is 0 Å². The van der Waals surface area contributed by atoms with Crippen molar-refractivity contribution in [1.29, 1.82) is 0 Å². The quantitative estimate of drug-likeness (QED) is 0.847. The zero-order valence-electron chi connectivity index (χ0n) is 13.7. The minimum atomic E-state index is -0.970. The van der Waals surface area contributed by atoms with Crippen LogP contribution in [0.1, 0.15) is 30.3 Å². The van der Waals surface area contributed by atoms with E-state index in [-0.39, 0.29) is 17.2 Å². The Balaban J connectivity index is 2.07. The number of benzene rings is 1. The van der Waals surface area contributed by atoms with Gasteiger partial charge in [0.2, 0.25) is 0 Å². The van der Waals surface area contributed by atoms with Crippen LogP contribution in [0.3, 0.4) is 0 Å². The van der Waals surface area contributed by atoms with Crippen LogP contribution in [0.15, 0.2) is 29.1 Å². The number of aliphatic hydroxyl groups excluding tert-OH is 2. The lowest BCUT2D eigenvalue weighted by Crippen LogP contribution is -2.45. The highest BCUT2D eigenvalue weighted by atomic mass is 16.3. The zero-order chi connectivity index (χ0) is 17.4. The minimum Gasteiger partial charge on any atom is -0.390 e. The standard InChI is InChI=1S/C17H21N3O4/c1-3-20-16(23)11-7-5-4-6-10(11)14(18-20)17(24)19(2)12-8-9-13(21)15(12)22/h4-7,12-13,15,21-22H,3,8-9H2,1-2H3/t12-,13-,15-/m1/s1. The molecule has 1 aromatic carbocycles. The second kappa shape index (κ2) is 6.33. The topological polar surface area (TPSA) is 95.7 Å². The number of hydrogen-bond acceptors (Lipinski definition) is 5. The number of fused-ring (bicyclic) bond motifs is 1. The molecule has 0 aliphatic heterocycles. The number of aryl methyl sites for hydroxylation is 1. The van der Waals surface area contributed by atoms with Crippen LogP contribution in [0.2, 0.25) is 0 Å². The summed E-state index contributed by atoms with van der Waals surface area (Å²) in [4.78, 5) is 26.7. The van der Waals surface area contributed by atoms with E-state index in [9.17, 15) is 19.8 Å². The number of aliphatic hydroxyl groups is 2. The molecule has 2 aromatic rings. The lowest BCUT2D eigenvalue weighted by atomic mass is 10.1.